The van der Waals surface area contributed by atoms with E-state index >= 15 is 0 Å². The van der Waals surface area contributed by atoms with Crippen LogP contribution in [0.1, 0.15) is 6.42 Å². The zero-order valence-electron chi connectivity index (χ0n) is 14.3. The Bertz CT molecular complexity index is 1020. The summed E-state index contributed by atoms with van der Waals surface area (Å²) < 4.78 is 20.2. The van der Waals surface area contributed by atoms with Gasteiger partial charge in [0.2, 0.25) is 5.88 Å². The van der Waals surface area contributed by atoms with Crippen LogP contribution in [0.15, 0.2) is 55.1 Å². The Morgan fingerprint density at radius 3 is 2.89 bits per heavy atom. The number of aromatic nitrogens is 3. The molecular formula is C20H17FN4O2. The highest BCUT2D eigenvalue weighted by Crippen LogP contribution is 2.32. The minimum atomic E-state index is -1.13. The van der Waals surface area contributed by atoms with E-state index < -0.39 is 12.3 Å². The van der Waals surface area contributed by atoms with Crippen molar-refractivity contribution in [1.82, 2.24) is 20.3 Å². The molecule has 1 fully saturated rings. The fourth-order valence-electron chi connectivity index (χ4n) is 3.68. The Hall–Kier alpha value is -3.06. The van der Waals surface area contributed by atoms with Crippen molar-refractivity contribution in [3.8, 4) is 22.9 Å². The van der Waals surface area contributed by atoms with E-state index in [1.54, 1.807) is 18.5 Å². The highest BCUT2D eigenvalue weighted by molar-refractivity contribution is 5.89. The number of hydrogen-bond acceptors (Lipinski definition) is 6. The summed E-state index contributed by atoms with van der Waals surface area (Å²) in [6, 6.07) is 5.19. The molecule has 1 aromatic carbocycles. The van der Waals surface area contributed by atoms with Crippen molar-refractivity contribution >= 4 is 10.8 Å². The number of nitrogens with one attached hydrogen (secondary N) is 1. The first-order chi connectivity index (χ1) is 13.2. The molecule has 4 atom stereocenters. The van der Waals surface area contributed by atoms with Crippen LogP contribution in [0.25, 0.3) is 22.0 Å². The smallest absolute Gasteiger partial charge is 0.232 e. The lowest BCUT2D eigenvalue weighted by atomic mass is 9.99. The third-order valence-corrected chi connectivity index (χ3v) is 5.07. The number of ether oxygens (including phenoxy) is 1. The Morgan fingerprint density at radius 1 is 1.11 bits per heavy atom. The first-order valence-electron chi connectivity index (χ1n) is 8.81. The number of alkyl halides is 1. The molecule has 2 aromatic heterocycles. The summed E-state index contributed by atoms with van der Waals surface area (Å²) in [6.45, 7) is 0. The van der Waals surface area contributed by atoms with Gasteiger partial charge in [-0.3, -0.25) is 4.98 Å². The number of benzene rings is 1. The molecule has 1 saturated heterocycles. The van der Waals surface area contributed by atoms with E-state index in [1.165, 1.54) is 12.4 Å². The fraction of sp³-hybridized carbons (Fsp3) is 0.250. The summed E-state index contributed by atoms with van der Waals surface area (Å²) in [7, 11) is 0. The molecule has 4 heterocycles. The van der Waals surface area contributed by atoms with Crippen LogP contribution < -0.4 is 10.1 Å². The Labute approximate surface area is 154 Å². The van der Waals surface area contributed by atoms with Crippen LogP contribution in [-0.4, -0.2) is 44.4 Å². The second kappa shape index (κ2) is 6.28. The molecule has 0 saturated carbocycles. The number of aromatic hydroxyl groups is 1. The normalized spacial score (nSPS) is 26.4. The molecule has 0 amide bonds. The van der Waals surface area contributed by atoms with Crippen molar-refractivity contribution in [2.24, 2.45) is 0 Å². The minimum Gasteiger partial charge on any atom is -0.507 e. The van der Waals surface area contributed by atoms with Crippen LogP contribution in [0.4, 0.5) is 4.39 Å². The van der Waals surface area contributed by atoms with E-state index in [-0.39, 0.29) is 23.7 Å². The largest absolute Gasteiger partial charge is 0.507 e. The molecule has 0 unspecified atom stereocenters. The van der Waals surface area contributed by atoms with Crippen LogP contribution in [0.2, 0.25) is 0 Å². The van der Waals surface area contributed by atoms with E-state index in [9.17, 15) is 9.50 Å². The number of fused-ring (bicyclic) bond motifs is 3. The van der Waals surface area contributed by atoms with Gasteiger partial charge in [0.1, 0.15) is 11.9 Å². The molecule has 2 aliphatic heterocycles. The van der Waals surface area contributed by atoms with Crippen LogP contribution in [-0.2, 0) is 0 Å². The van der Waals surface area contributed by atoms with Crippen LogP contribution >= 0.6 is 0 Å². The molecule has 0 aliphatic carbocycles. The van der Waals surface area contributed by atoms with Crippen molar-refractivity contribution in [2.45, 2.75) is 30.8 Å². The molecule has 136 valence electrons. The number of phenolic OH excluding ortho intramolecular Hbond substituents is 1. The standard InChI is InChI=1S/C20H17FN4O2/c21-20-15-2-1-13(25-15)7-18(20)27-19-10-23-16(9-24-19)14-5-11-3-4-22-8-12(11)6-17(14)26/h1-6,8-10,13,15,18,20,25-26H,7H2/t13-,15+,18-,20-/m0/s1. The first kappa shape index (κ1) is 16.1. The highest BCUT2D eigenvalue weighted by atomic mass is 19.1. The van der Waals surface area contributed by atoms with Gasteiger partial charge >= 0.3 is 0 Å². The Balaban J connectivity index is 1.38. The summed E-state index contributed by atoms with van der Waals surface area (Å²) in [5.74, 6) is 0.375. The first-order valence-corrected chi connectivity index (χ1v) is 8.81. The predicted octanol–water partition coefficient (Wildman–Crippen LogP) is 2.78. The summed E-state index contributed by atoms with van der Waals surface area (Å²) >= 11 is 0. The van der Waals surface area contributed by atoms with Gasteiger partial charge in [-0.15, -0.1) is 0 Å². The number of hydrogen-bond donors (Lipinski definition) is 2. The van der Waals surface area contributed by atoms with E-state index in [2.05, 4.69) is 20.3 Å². The number of rotatable bonds is 3. The summed E-state index contributed by atoms with van der Waals surface area (Å²) in [5.41, 5.74) is 1.09. The molecule has 5 rings (SSSR count). The second-order valence-corrected chi connectivity index (χ2v) is 6.85. The quantitative estimate of drug-likeness (QED) is 0.696. The average Bonchev–Trinajstić information content (AvgIpc) is 3.10. The van der Waals surface area contributed by atoms with Crippen LogP contribution in [0, 0.1) is 0 Å². The summed E-state index contributed by atoms with van der Waals surface area (Å²) in [4.78, 5) is 12.7. The van der Waals surface area contributed by atoms with Gasteiger partial charge in [0.15, 0.2) is 6.17 Å². The van der Waals surface area contributed by atoms with Crippen molar-refractivity contribution < 1.29 is 14.2 Å². The number of pyridine rings is 1. The molecule has 0 spiro atoms. The fourth-order valence-corrected chi connectivity index (χ4v) is 3.68. The maximum Gasteiger partial charge on any atom is 0.232 e. The zero-order valence-corrected chi connectivity index (χ0v) is 14.3. The van der Waals surface area contributed by atoms with E-state index in [4.69, 9.17) is 4.74 Å². The average molecular weight is 364 g/mol. The number of halogens is 1. The second-order valence-electron chi connectivity index (χ2n) is 6.85. The molecule has 6 nitrogen and oxygen atoms in total. The minimum absolute atomic E-state index is 0.100. The van der Waals surface area contributed by atoms with Gasteiger partial charge in [-0.25, -0.2) is 14.4 Å². The van der Waals surface area contributed by atoms with E-state index in [1.807, 2.05) is 24.3 Å². The highest BCUT2D eigenvalue weighted by Gasteiger charge is 2.40. The Kier molecular flexibility index (Phi) is 3.75. The molecule has 7 heteroatoms. The van der Waals surface area contributed by atoms with Gasteiger partial charge in [-0.2, -0.15) is 0 Å². The zero-order chi connectivity index (χ0) is 18.4. The van der Waals surface area contributed by atoms with Crippen LogP contribution in [0.3, 0.4) is 0 Å². The topological polar surface area (TPSA) is 80.2 Å². The van der Waals surface area contributed by atoms with Gasteiger partial charge in [0.05, 0.1) is 24.1 Å². The third-order valence-electron chi connectivity index (χ3n) is 5.07. The van der Waals surface area contributed by atoms with Crippen molar-refractivity contribution in [3.63, 3.8) is 0 Å². The van der Waals surface area contributed by atoms with Crippen molar-refractivity contribution in [2.75, 3.05) is 0 Å². The molecule has 0 radical (unpaired) electrons. The van der Waals surface area contributed by atoms with Gasteiger partial charge in [-0.1, -0.05) is 12.2 Å². The maximum atomic E-state index is 14.4. The van der Waals surface area contributed by atoms with Crippen LogP contribution in [0.5, 0.6) is 11.6 Å². The molecular weight excluding hydrogens is 347 g/mol. The number of piperidine rings is 1. The predicted molar refractivity (Wildman–Crippen MR) is 98.2 cm³/mol. The summed E-state index contributed by atoms with van der Waals surface area (Å²) in [5, 5.41) is 15.3. The van der Waals surface area contributed by atoms with Gasteiger partial charge in [0.25, 0.3) is 0 Å². The van der Waals surface area contributed by atoms with Crippen molar-refractivity contribution in [1.29, 1.82) is 0 Å². The lowest BCUT2D eigenvalue weighted by Gasteiger charge is -2.32. The van der Waals surface area contributed by atoms with E-state index in [0.29, 0.717) is 17.7 Å². The molecule has 2 aliphatic rings. The molecule has 2 bridgehead atoms. The SMILES string of the molecule is Oc1cc2cnccc2cc1-c1cnc(O[C@H]2C[C@@H]3C=C[C@@H](N3)[C@@H]2F)cn1. The lowest BCUT2D eigenvalue weighted by molar-refractivity contribution is 0.0479. The molecule has 3 aromatic rings. The molecule has 27 heavy (non-hydrogen) atoms. The van der Waals surface area contributed by atoms with Gasteiger partial charge in [0, 0.05) is 35.8 Å². The van der Waals surface area contributed by atoms with Gasteiger partial charge < -0.3 is 15.2 Å². The van der Waals surface area contributed by atoms with E-state index in [0.717, 1.165) is 10.8 Å². The summed E-state index contributed by atoms with van der Waals surface area (Å²) in [6.07, 6.45) is 9.08. The number of phenols is 1. The van der Waals surface area contributed by atoms with Crippen molar-refractivity contribution in [3.05, 3.63) is 55.1 Å². The maximum absolute atomic E-state index is 14.4. The molecule has 2 N–H and O–H groups in total. The lowest BCUT2D eigenvalue weighted by Crippen LogP contribution is -2.52. The monoisotopic (exact) mass is 364 g/mol. The van der Waals surface area contributed by atoms with Gasteiger partial charge in [-0.05, 0) is 23.6 Å². The third kappa shape index (κ3) is 2.90. The number of nitrogens with zero attached hydrogens (tertiary/aromatic N) is 3. The Morgan fingerprint density at radius 2 is 2.04 bits per heavy atom.